The molecule has 1 atom stereocenters. The summed E-state index contributed by atoms with van der Waals surface area (Å²) in [6.07, 6.45) is 0. The van der Waals surface area contributed by atoms with E-state index in [0.717, 1.165) is 55.6 Å². The van der Waals surface area contributed by atoms with E-state index in [2.05, 4.69) is 331 Å². The highest BCUT2D eigenvalue weighted by Crippen LogP contribution is 2.60. The topological polar surface area (TPSA) is 21.5 Å². The fraction of sp³-hybridized carbons (Fsp3) is 0.0380. The Morgan fingerprint density at radius 2 is 0.695 bits per heavy atom. The monoisotopic (exact) mass is 1040 g/mol. The number of benzene rings is 12. The van der Waals surface area contributed by atoms with Gasteiger partial charge in [0.25, 0.3) is 5.35 Å². The van der Waals surface area contributed by atoms with E-state index in [-0.39, 0.29) is 6.04 Å². The van der Waals surface area contributed by atoms with E-state index in [4.69, 9.17) is 5.11 Å². The van der Waals surface area contributed by atoms with Crippen molar-refractivity contribution in [3.8, 4) is 33.5 Å². The van der Waals surface area contributed by atoms with Crippen molar-refractivity contribution in [2.24, 2.45) is 5.11 Å². The molecule has 0 amide bonds. The van der Waals surface area contributed by atoms with Crippen molar-refractivity contribution in [3.63, 3.8) is 0 Å². The second-order valence-corrected chi connectivity index (χ2v) is 21.9. The number of aromatic nitrogens is 1. The second-order valence-electron chi connectivity index (χ2n) is 21.9. The van der Waals surface area contributed by atoms with Crippen LogP contribution in [0.5, 0.6) is 0 Å². The summed E-state index contributed by atoms with van der Waals surface area (Å²) in [6.45, 7) is 0. The van der Waals surface area contributed by atoms with Gasteiger partial charge in [-0.3, -0.25) is 0 Å². The van der Waals surface area contributed by atoms with Crippen molar-refractivity contribution in [2.45, 2.75) is 16.9 Å². The van der Waals surface area contributed by atoms with Crippen molar-refractivity contribution in [2.75, 3.05) is 4.90 Å². The summed E-state index contributed by atoms with van der Waals surface area (Å²) in [4.78, 5) is 2.53. The van der Waals surface area contributed by atoms with Crippen molar-refractivity contribution in [1.82, 2.24) is 0 Å². The highest BCUT2D eigenvalue weighted by atomic mass is 15.2. The third kappa shape index (κ3) is 7.09. The highest BCUT2D eigenvalue weighted by molar-refractivity contribution is 5.96. The molecule has 13 aromatic rings. The summed E-state index contributed by atoms with van der Waals surface area (Å²) < 4.78 is 2.24. The number of fused-ring (bicyclic) bond motifs is 9. The van der Waals surface area contributed by atoms with Crippen molar-refractivity contribution in [1.29, 1.82) is 0 Å². The molecule has 3 aliphatic rings. The minimum absolute atomic E-state index is 0.249. The summed E-state index contributed by atoms with van der Waals surface area (Å²) in [5.74, 6) is 0. The zero-order chi connectivity index (χ0) is 54.2. The smallest absolute Gasteiger partial charge is 0.252 e. The molecular formula is C79H54N3+. The molecule has 0 saturated carbocycles. The lowest BCUT2D eigenvalue weighted by Gasteiger charge is -2.36. The van der Waals surface area contributed by atoms with E-state index in [9.17, 15) is 0 Å². The van der Waals surface area contributed by atoms with Gasteiger partial charge in [0.2, 0.25) is 5.69 Å². The van der Waals surface area contributed by atoms with Gasteiger partial charge in [-0.05, 0) is 141 Å². The predicted molar refractivity (Wildman–Crippen MR) is 334 cm³/mol. The first kappa shape index (κ1) is 47.5. The molecule has 3 nitrogen and oxygen atoms in total. The Bertz CT molecular complexity index is 4460. The van der Waals surface area contributed by atoms with Gasteiger partial charge < -0.3 is 4.90 Å². The van der Waals surface area contributed by atoms with Gasteiger partial charge in [-0.2, -0.15) is 0 Å². The lowest BCUT2D eigenvalue weighted by atomic mass is 9.67. The molecule has 2 aliphatic carbocycles. The molecule has 1 aromatic heterocycles. The van der Waals surface area contributed by atoms with Crippen molar-refractivity contribution >= 4 is 33.4 Å². The maximum Gasteiger partial charge on any atom is 0.252 e. The maximum absolute atomic E-state index is 5.73. The third-order valence-electron chi connectivity index (χ3n) is 17.7. The molecule has 82 heavy (non-hydrogen) atoms. The molecule has 0 saturated heterocycles. The predicted octanol–water partition coefficient (Wildman–Crippen LogP) is 18.0. The van der Waals surface area contributed by atoms with Gasteiger partial charge >= 0.3 is 0 Å². The number of rotatable bonds is 10. The van der Waals surface area contributed by atoms with E-state index in [0.29, 0.717) is 0 Å². The fourth-order valence-electron chi connectivity index (χ4n) is 14.3. The summed E-state index contributed by atoms with van der Waals surface area (Å²) in [5.41, 5.74) is 22.6. The molecular weight excluding hydrogens is 991 g/mol. The average Bonchev–Trinajstić information content (AvgIpc) is 3.20. The molecule has 1 aliphatic heterocycles. The molecule has 12 aromatic carbocycles. The third-order valence-corrected chi connectivity index (χ3v) is 17.7. The number of hydrogen-bond donors (Lipinski definition) is 0. The molecule has 3 heteroatoms. The zero-order valence-corrected chi connectivity index (χ0v) is 45.0. The molecule has 2 heterocycles. The van der Waals surface area contributed by atoms with Crippen LogP contribution < -0.4 is 14.6 Å². The summed E-state index contributed by atoms with van der Waals surface area (Å²) >= 11 is 0. The number of hydrogen-bond acceptors (Lipinski definition) is 2. The van der Waals surface area contributed by atoms with E-state index in [1.807, 2.05) is 0 Å². The zero-order valence-electron chi connectivity index (χ0n) is 45.0. The van der Waals surface area contributed by atoms with Gasteiger partial charge in [0.15, 0.2) is 6.04 Å². The summed E-state index contributed by atoms with van der Waals surface area (Å²) in [5, 5.41) is 9.08. The summed E-state index contributed by atoms with van der Waals surface area (Å²) in [7, 11) is 0. The fourth-order valence-corrected chi connectivity index (χ4v) is 14.3. The Balaban J connectivity index is 1.02. The molecule has 0 bridgehead atoms. The Morgan fingerprint density at radius 3 is 1.17 bits per heavy atom. The quantitative estimate of drug-likeness (QED) is 0.125. The van der Waals surface area contributed by atoms with Crippen molar-refractivity contribution in [3.05, 3.63) is 383 Å². The summed E-state index contributed by atoms with van der Waals surface area (Å²) in [6, 6.07) is 119. The van der Waals surface area contributed by atoms with Gasteiger partial charge in [0, 0.05) is 28.7 Å². The second kappa shape index (κ2) is 19.1. The Morgan fingerprint density at radius 1 is 0.317 bits per heavy atom. The standard InChI is InChI=1S/C79H54N3/c1-8-26-54(27-9-1)74-50-57-44-45-62(51-69(57)77-75(55-28-10-2-11-29-55)76(80-82(74)77)56-30-12-3-13-31-56)81(63-46-48-67-65-40-22-24-42-70(65)78(72(67)52-63,58-32-14-4-15-33-58)59-34-16-5-17-35-59)64-47-49-68-66-41-23-25-43-71(66)79(73(68)53-64,60-36-18-6-19-37-60)61-38-20-7-21-39-61/h1-53,76H/q+1. The Kier molecular flexibility index (Phi) is 11.1. The first-order valence-electron chi connectivity index (χ1n) is 28.5. The molecule has 0 N–H and O–H groups in total. The molecule has 16 rings (SSSR count). The van der Waals surface area contributed by atoms with Crippen LogP contribution >= 0.6 is 0 Å². The molecule has 1 unspecified atom stereocenters. The molecule has 384 valence electrons. The average molecular weight is 1050 g/mol. The lowest BCUT2D eigenvalue weighted by Crippen LogP contribution is -2.38. The van der Waals surface area contributed by atoms with E-state index in [1.54, 1.807) is 0 Å². The Hall–Kier alpha value is -10.5. The first-order chi connectivity index (χ1) is 40.7. The lowest BCUT2D eigenvalue weighted by molar-refractivity contribution is -0.546. The van der Waals surface area contributed by atoms with Gasteiger partial charge in [0.05, 0.1) is 21.8 Å². The number of nitrogens with zero attached hydrogens (tertiary/aromatic N) is 3. The normalized spacial score (nSPS) is 14.7. The van der Waals surface area contributed by atoms with Crippen LogP contribution in [0.3, 0.4) is 0 Å². The van der Waals surface area contributed by atoms with Crippen LogP contribution in [0.1, 0.15) is 61.7 Å². The van der Waals surface area contributed by atoms with E-state index < -0.39 is 10.8 Å². The van der Waals surface area contributed by atoms with Gasteiger partial charge in [-0.1, -0.05) is 267 Å². The maximum atomic E-state index is 5.73. The van der Waals surface area contributed by atoms with Gasteiger partial charge in [0.1, 0.15) is 0 Å². The van der Waals surface area contributed by atoms with Crippen LogP contribution in [0.15, 0.2) is 327 Å². The highest BCUT2D eigenvalue weighted by Gasteiger charge is 2.48. The largest absolute Gasteiger partial charge is 0.310 e. The van der Waals surface area contributed by atoms with Crippen LogP contribution in [-0.4, -0.2) is 0 Å². The molecule has 0 spiro atoms. The van der Waals surface area contributed by atoms with Crippen LogP contribution in [-0.2, 0) is 10.8 Å². The van der Waals surface area contributed by atoms with E-state index >= 15 is 0 Å². The minimum atomic E-state index is -0.604. The molecule has 0 fully saturated rings. The van der Waals surface area contributed by atoms with Crippen LogP contribution in [0.25, 0.3) is 49.9 Å². The van der Waals surface area contributed by atoms with Crippen LogP contribution in [0, 0.1) is 0 Å². The minimum Gasteiger partial charge on any atom is -0.310 e. The number of pyridine rings is 1. The first-order valence-corrected chi connectivity index (χ1v) is 28.5. The SMILES string of the molecule is c1ccc(C2=c3c4cc(N(c5ccc6c(c5)C(c5ccccc5)(c5ccccc5)c5ccccc5-6)c5ccc6c(c5)C(c5ccccc5)(c5ccccc5)c5ccccc5-6)ccc4cc(-c4ccccc4)[n+]3=NC2c2ccccc2)cc1. The molecule has 0 radical (unpaired) electrons. The van der Waals surface area contributed by atoms with E-state index in [1.165, 1.54) is 72.3 Å². The van der Waals surface area contributed by atoms with Gasteiger partial charge in [-0.15, -0.1) is 0 Å². The van der Waals surface area contributed by atoms with Gasteiger partial charge in [-0.25, -0.2) is 0 Å². The Labute approximate surface area is 478 Å². The van der Waals surface area contributed by atoms with Crippen LogP contribution in [0.2, 0.25) is 0 Å². The van der Waals surface area contributed by atoms with Crippen molar-refractivity contribution < 1.29 is 4.36 Å². The van der Waals surface area contributed by atoms with Crippen LogP contribution in [0.4, 0.5) is 17.1 Å². The number of anilines is 3.